The number of nitrogens with zero attached hydrogens (tertiary/aromatic N) is 2. The van der Waals surface area contributed by atoms with Crippen LogP contribution in [-0.4, -0.2) is 21.9 Å². The minimum absolute atomic E-state index is 0.0475. The molecule has 0 atom stereocenters. The third-order valence-electron chi connectivity index (χ3n) is 2.72. The van der Waals surface area contributed by atoms with E-state index in [1.54, 1.807) is 24.3 Å². The number of carbonyl (C=O) groups excluding carboxylic acids is 1. The van der Waals surface area contributed by atoms with Crippen LogP contribution >= 0.6 is 22.6 Å². The van der Waals surface area contributed by atoms with E-state index in [0.29, 0.717) is 28.0 Å². The number of carbonyl (C=O) groups is 1. The van der Waals surface area contributed by atoms with E-state index in [0.717, 1.165) is 0 Å². The number of halogens is 1. The van der Waals surface area contributed by atoms with Crippen molar-refractivity contribution in [2.75, 3.05) is 6.61 Å². The molecule has 1 heterocycles. The molecule has 2 rings (SSSR count). The SMILES string of the molecule is CC(=O)c1ccccc1OCCn1cncc(I)c1=O. The fourth-order valence-corrected chi connectivity index (χ4v) is 2.19. The number of aromatic nitrogens is 2. The van der Waals surface area contributed by atoms with Crippen LogP contribution < -0.4 is 10.3 Å². The van der Waals surface area contributed by atoms with E-state index in [9.17, 15) is 9.59 Å². The predicted molar refractivity (Wildman–Crippen MR) is 83.2 cm³/mol. The Morgan fingerprint density at radius 2 is 2.15 bits per heavy atom. The average molecular weight is 384 g/mol. The molecule has 0 saturated heterocycles. The van der Waals surface area contributed by atoms with Gasteiger partial charge in [-0.05, 0) is 41.6 Å². The van der Waals surface area contributed by atoms with Crippen molar-refractivity contribution in [1.29, 1.82) is 0 Å². The van der Waals surface area contributed by atoms with E-state index in [1.165, 1.54) is 24.0 Å². The van der Waals surface area contributed by atoms with E-state index in [4.69, 9.17) is 4.74 Å². The van der Waals surface area contributed by atoms with Crippen molar-refractivity contribution in [3.8, 4) is 5.75 Å². The molecule has 1 aromatic carbocycles. The molecule has 6 heteroatoms. The highest BCUT2D eigenvalue weighted by Gasteiger charge is 2.07. The van der Waals surface area contributed by atoms with Gasteiger partial charge in [-0.25, -0.2) is 4.98 Å². The Morgan fingerprint density at radius 3 is 2.90 bits per heavy atom. The third kappa shape index (κ3) is 3.44. The number of Topliss-reactive ketones (excluding diaryl/α,β-unsaturated/α-hetero) is 1. The van der Waals surface area contributed by atoms with Crippen LogP contribution in [0, 0.1) is 3.57 Å². The van der Waals surface area contributed by atoms with Crippen molar-refractivity contribution in [2.24, 2.45) is 0 Å². The lowest BCUT2D eigenvalue weighted by Gasteiger charge is -2.10. The Bertz CT molecular complexity index is 682. The molecular formula is C14H13IN2O3. The molecule has 1 aromatic heterocycles. The molecule has 0 radical (unpaired) electrons. The van der Waals surface area contributed by atoms with Gasteiger partial charge in [0, 0.05) is 6.20 Å². The highest BCUT2D eigenvalue weighted by molar-refractivity contribution is 14.1. The van der Waals surface area contributed by atoms with E-state index < -0.39 is 0 Å². The van der Waals surface area contributed by atoms with Crippen LogP contribution in [0.15, 0.2) is 41.6 Å². The molecule has 0 spiro atoms. The number of hydrogen-bond donors (Lipinski definition) is 0. The standard InChI is InChI=1S/C14H13IN2O3/c1-10(18)11-4-2-3-5-13(11)20-7-6-17-9-16-8-12(15)14(17)19/h2-5,8-9H,6-7H2,1H3. The Balaban J connectivity index is 2.05. The van der Waals surface area contributed by atoms with Crippen molar-refractivity contribution >= 4 is 28.4 Å². The summed E-state index contributed by atoms with van der Waals surface area (Å²) in [5.74, 6) is 0.486. The van der Waals surface area contributed by atoms with Crippen molar-refractivity contribution in [2.45, 2.75) is 13.5 Å². The van der Waals surface area contributed by atoms with Gasteiger partial charge in [-0.15, -0.1) is 0 Å². The first-order valence-electron chi connectivity index (χ1n) is 6.02. The zero-order valence-corrected chi connectivity index (χ0v) is 13.0. The summed E-state index contributed by atoms with van der Waals surface area (Å²) < 4.78 is 7.63. The van der Waals surface area contributed by atoms with Crippen molar-refractivity contribution in [3.05, 3.63) is 56.3 Å². The van der Waals surface area contributed by atoms with E-state index in [2.05, 4.69) is 4.98 Å². The maximum Gasteiger partial charge on any atom is 0.266 e. The van der Waals surface area contributed by atoms with Gasteiger partial charge in [0.1, 0.15) is 12.4 Å². The first-order chi connectivity index (χ1) is 9.59. The molecule has 0 saturated carbocycles. The lowest BCUT2D eigenvalue weighted by molar-refractivity contribution is 0.101. The van der Waals surface area contributed by atoms with Crippen LogP contribution in [0.2, 0.25) is 0 Å². The maximum absolute atomic E-state index is 11.8. The van der Waals surface area contributed by atoms with Crippen LogP contribution in [0.5, 0.6) is 5.75 Å². The van der Waals surface area contributed by atoms with Gasteiger partial charge in [0.25, 0.3) is 5.56 Å². The molecule has 20 heavy (non-hydrogen) atoms. The Morgan fingerprint density at radius 1 is 1.40 bits per heavy atom. The zero-order valence-electron chi connectivity index (χ0n) is 10.9. The molecular weight excluding hydrogens is 371 g/mol. The quantitative estimate of drug-likeness (QED) is 0.586. The number of para-hydroxylation sites is 1. The Labute approximate surface area is 129 Å². The average Bonchev–Trinajstić information content (AvgIpc) is 2.44. The normalized spacial score (nSPS) is 10.3. The molecule has 0 aliphatic heterocycles. The van der Waals surface area contributed by atoms with Gasteiger partial charge < -0.3 is 4.74 Å². The Kier molecular flexibility index (Phi) is 4.89. The van der Waals surface area contributed by atoms with Gasteiger partial charge >= 0.3 is 0 Å². The molecule has 0 amide bonds. The number of hydrogen-bond acceptors (Lipinski definition) is 4. The lowest BCUT2D eigenvalue weighted by Crippen LogP contribution is -2.25. The fourth-order valence-electron chi connectivity index (χ4n) is 1.72. The lowest BCUT2D eigenvalue weighted by atomic mass is 10.1. The number of ether oxygens (including phenoxy) is 1. The van der Waals surface area contributed by atoms with E-state index in [-0.39, 0.29) is 11.3 Å². The summed E-state index contributed by atoms with van der Waals surface area (Å²) in [4.78, 5) is 27.2. The summed E-state index contributed by atoms with van der Waals surface area (Å²) in [5.41, 5.74) is 0.449. The topological polar surface area (TPSA) is 61.2 Å². The van der Waals surface area contributed by atoms with E-state index >= 15 is 0 Å². The summed E-state index contributed by atoms with van der Waals surface area (Å²) in [6.45, 7) is 2.18. The van der Waals surface area contributed by atoms with Gasteiger partial charge in [0.2, 0.25) is 0 Å². The summed E-state index contributed by atoms with van der Waals surface area (Å²) >= 11 is 1.95. The third-order valence-corrected chi connectivity index (χ3v) is 3.46. The van der Waals surface area contributed by atoms with Crippen molar-refractivity contribution < 1.29 is 9.53 Å². The van der Waals surface area contributed by atoms with Gasteiger partial charge in [0.05, 0.1) is 22.0 Å². The minimum Gasteiger partial charge on any atom is -0.491 e. The summed E-state index contributed by atoms with van der Waals surface area (Å²) in [6, 6.07) is 7.06. The smallest absolute Gasteiger partial charge is 0.266 e. The van der Waals surface area contributed by atoms with E-state index in [1.807, 2.05) is 22.6 Å². The number of benzene rings is 1. The van der Waals surface area contributed by atoms with Crippen molar-refractivity contribution in [1.82, 2.24) is 9.55 Å². The van der Waals surface area contributed by atoms with Crippen LogP contribution in [0.25, 0.3) is 0 Å². The van der Waals surface area contributed by atoms with Crippen LogP contribution in [-0.2, 0) is 6.54 Å². The molecule has 5 nitrogen and oxygen atoms in total. The maximum atomic E-state index is 11.8. The highest BCUT2D eigenvalue weighted by atomic mass is 127. The van der Waals surface area contributed by atoms with Crippen LogP contribution in [0.4, 0.5) is 0 Å². The number of rotatable bonds is 5. The molecule has 0 bridgehead atoms. The molecule has 2 aromatic rings. The second-order valence-corrected chi connectivity index (χ2v) is 5.30. The Hall–Kier alpha value is -1.70. The highest BCUT2D eigenvalue weighted by Crippen LogP contribution is 2.18. The molecule has 0 N–H and O–H groups in total. The summed E-state index contributed by atoms with van der Waals surface area (Å²) in [6.07, 6.45) is 3.00. The second-order valence-electron chi connectivity index (χ2n) is 4.14. The molecule has 0 unspecified atom stereocenters. The van der Waals surface area contributed by atoms with Gasteiger partial charge in [-0.2, -0.15) is 0 Å². The first kappa shape index (κ1) is 14.7. The molecule has 104 valence electrons. The van der Waals surface area contributed by atoms with Gasteiger partial charge in [-0.3, -0.25) is 14.2 Å². The minimum atomic E-state index is -0.0935. The van der Waals surface area contributed by atoms with Crippen LogP contribution in [0.3, 0.4) is 0 Å². The largest absolute Gasteiger partial charge is 0.491 e. The first-order valence-corrected chi connectivity index (χ1v) is 7.10. The summed E-state index contributed by atoms with van der Waals surface area (Å²) in [5, 5.41) is 0. The fraction of sp³-hybridized carbons (Fsp3) is 0.214. The van der Waals surface area contributed by atoms with Crippen molar-refractivity contribution in [3.63, 3.8) is 0 Å². The van der Waals surface area contributed by atoms with Gasteiger partial charge in [-0.1, -0.05) is 12.1 Å². The monoisotopic (exact) mass is 384 g/mol. The molecule has 0 aliphatic rings. The molecule has 0 aliphatic carbocycles. The predicted octanol–water partition coefficient (Wildman–Crippen LogP) is 2.13. The van der Waals surface area contributed by atoms with Crippen LogP contribution in [0.1, 0.15) is 17.3 Å². The second kappa shape index (κ2) is 6.65. The number of ketones is 1. The molecule has 0 fully saturated rings. The zero-order chi connectivity index (χ0) is 14.5. The summed E-state index contributed by atoms with van der Waals surface area (Å²) in [7, 11) is 0. The van der Waals surface area contributed by atoms with Gasteiger partial charge in [0.15, 0.2) is 5.78 Å².